The first kappa shape index (κ1) is 17.5. The average Bonchev–Trinajstić information content (AvgIpc) is 2.84. The van der Waals surface area contributed by atoms with Gasteiger partial charge in [-0.2, -0.15) is 17.0 Å². The van der Waals surface area contributed by atoms with Crippen molar-refractivity contribution in [2.45, 2.75) is 25.7 Å². The van der Waals surface area contributed by atoms with E-state index in [1.165, 1.54) is 0 Å². The van der Waals surface area contributed by atoms with E-state index < -0.39 is 10.2 Å². The number of nitrogens with zero attached hydrogens (tertiary/aromatic N) is 4. The van der Waals surface area contributed by atoms with E-state index in [9.17, 15) is 8.42 Å². The van der Waals surface area contributed by atoms with Gasteiger partial charge in [0.25, 0.3) is 10.2 Å². The maximum absolute atomic E-state index is 12.8. The van der Waals surface area contributed by atoms with Gasteiger partial charge in [0.05, 0.1) is 31.3 Å². The molecule has 0 aromatic carbocycles. The lowest BCUT2D eigenvalue weighted by Crippen LogP contribution is -2.48. The van der Waals surface area contributed by atoms with Gasteiger partial charge in [0, 0.05) is 26.2 Å². The molecule has 0 bridgehead atoms. The summed E-state index contributed by atoms with van der Waals surface area (Å²) in [6.07, 6.45) is 6.82. The molecule has 0 amide bonds. The second-order valence-electron chi connectivity index (χ2n) is 6.35. The Morgan fingerprint density at radius 3 is 2.54 bits per heavy atom. The summed E-state index contributed by atoms with van der Waals surface area (Å²) in [5.74, 6) is 0.843. The summed E-state index contributed by atoms with van der Waals surface area (Å²) < 4.78 is 33.9. The highest BCUT2D eigenvalue weighted by atomic mass is 32.2. The van der Waals surface area contributed by atoms with Crippen LogP contribution in [0.3, 0.4) is 0 Å². The van der Waals surface area contributed by atoms with Gasteiger partial charge in [-0.15, -0.1) is 0 Å². The standard InChI is InChI=1S/C15H25N5O3S/c16-15-12-17-14(11-18-15)10-13-2-1-4-19(5-3-13)24(21,22)20-6-8-23-9-7-20/h11-13H,1-10H2,(H2,16,18). The fourth-order valence-corrected chi connectivity index (χ4v) is 4.91. The zero-order valence-electron chi connectivity index (χ0n) is 13.8. The number of hydrogen-bond acceptors (Lipinski definition) is 6. The molecule has 0 aliphatic carbocycles. The van der Waals surface area contributed by atoms with E-state index in [2.05, 4.69) is 9.97 Å². The SMILES string of the molecule is Nc1cnc(CC2CCCN(S(=O)(=O)N3CCOCC3)CC2)cn1. The van der Waals surface area contributed by atoms with Crippen molar-refractivity contribution in [1.82, 2.24) is 18.6 Å². The molecule has 1 atom stereocenters. The molecule has 1 aromatic rings. The largest absolute Gasteiger partial charge is 0.382 e. The summed E-state index contributed by atoms with van der Waals surface area (Å²) in [6, 6.07) is 0. The summed E-state index contributed by atoms with van der Waals surface area (Å²) in [6.45, 7) is 3.00. The summed E-state index contributed by atoms with van der Waals surface area (Å²) in [5.41, 5.74) is 6.48. The second kappa shape index (κ2) is 7.73. The Bertz CT molecular complexity index is 631. The minimum absolute atomic E-state index is 0.419. The molecule has 24 heavy (non-hydrogen) atoms. The van der Waals surface area contributed by atoms with Crippen molar-refractivity contribution in [2.24, 2.45) is 5.92 Å². The first-order chi connectivity index (χ1) is 11.6. The third kappa shape index (κ3) is 4.21. The molecule has 2 saturated heterocycles. The van der Waals surface area contributed by atoms with Crippen molar-refractivity contribution in [1.29, 1.82) is 0 Å². The van der Waals surface area contributed by atoms with Crippen LogP contribution in [0.15, 0.2) is 12.4 Å². The van der Waals surface area contributed by atoms with Gasteiger partial charge in [0.2, 0.25) is 0 Å². The van der Waals surface area contributed by atoms with E-state index in [0.717, 1.165) is 31.4 Å². The Hall–Kier alpha value is -1.29. The van der Waals surface area contributed by atoms with Crippen LogP contribution in [-0.2, 0) is 21.4 Å². The quantitative estimate of drug-likeness (QED) is 0.832. The number of nitrogens with two attached hydrogens (primary N) is 1. The van der Waals surface area contributed by atoms with Crippen LogP contribution >= 0.6 is 0 Å². The predicted molar refractivity (Wildman–Crippen MR) is 90.4 cm³/mol. The molecule has 134 valence electrons. The Balaban J connectivity index is 1.59. The topological polar surface area (TPSA) is 102 Å². The molecule has 2 aliphatic rings. The van der Waals surface area contributed by atoms with Crippen molar-refractivity contribution in [3.8, 4) is 0 Å². The van der Waals surface area contributed by atoms with Crippen LogP contribution in [0.5, 0.6) is 0 Å². The van der Waals surface area contributed by atoms with Gasteiger partial charge in [-0.05, 0) is 31.6 Å². The summed E-state index contributed by atoms with van der Waals surface area (Å²) in [5, 5.41) is 0. The Morgan fingerprint density at radius 2 is 1.83 bits per heavy atom. The van der Waals surface area contributed by atoms with E-state index in [1.807, 2.05) is 0 Å². The Kier molecular flexibility index (Phi) is 5.65. The number of hydrogen-bond donors (Lipinski definition) is 1. The van der Waals surface area contributed by atoms with E-state index in [-0.39, 0.29) is 0 Å². The van der Waals surface area contributed by atoms with Crippen LogP contribution in [0, 0.1) is 5.92 Å². The van der Waals surface area contributed by atoms with Gasteiger partial charge < -0.3 is 10.5 Å². The first-order valence-electron chi connectivity index (χ1n) is 8.45. The van der Waals surface area contributed by atoms with Crippen LogP contribution in [0.4, 0.5) is 5.82 Å². The molecule has 1 aromatic heterocycles. The van der Waals surface area contributed by atoms with Crippen LogP contribution in [-0.4, -0.2) is 66.4 Å². The average molecular weight is 355 g/mol. The zero-order valence-corrected chi connectivity index (χ0v) is 14.6. The van der Waals surface area contributed by atoms with Gasteiger partial charge in [0.1, 0.15) is 5.82 Å². The molecule has 2 aliphatic heterocycles. The van der Waals surface area contributed by atoms with Gasteiger partial charge in [-0.25, -0.2) is 4.98 Å². The second-order valence-corrected chi connectivity index (χ2v) is 8.28. The van der Waals surface area contributed by atoms with Gasteiger partial charge in [-0.3, -0.25) is 4.98 Å². The lowest BCUT2D eigenvalue weighted by atomic mass is 9.95. The smallest absolute Gasteiger partial charge is 0.282 e. The fraction of sp³-hybridized carbons (Fsp3) is 0.733. The lowest BCUT2D eigenvalue weighted by Gasteiger charge is -2.31. The highest BCUT2D eigenvalue weighted by Crippen LogP contribution is 2.24. The molecule has 2 fully saturated rings. The normalized spacial score (nSPS) is 24.6. The molecule has 3 heterocycles. The monoisotopic (exact) mass is 355 g/mol. The minimum atomic E-state index is -3.37. The molecule has 0 saturated carbocycles. The zero-order chi connectivity index (χ0) is 17.0. The molecule has 2 N–H and O–H groups in total. The van der Waals surface area contributed by atoms with Crippen molar-refractivity contribution in [3.63, 3.8) is 0 Å². The third-order valence-electron chi connectivity index (χ3n) is 4.65. The van der Waals surface area contributed by atoms with Crippen molar-refractivity contribution in [2.75, 3.05) is 45.1 Å². The van der Waals surface area contributed by atoms with Gasteiger partial charge >= 0.3 is 0 Å². The van der Waals surface area contributed by atoms with Crippen LogP contribution in [0.25, 0.3) is 0 Å². The Labute approximate surface area is 143 Å². The number of ether oxygens (including phenoxy) is 1. The van der Waals surface area contributed by atoms with Crippen LogP contribution in [0.1, 0.15) is 25.0 Å². The summed E-state index contributed by atoms with van der Waals surface area (Å²) in [7, 11) is -3.37. The summed E-state index contributed by atoms with van der Waals surface area (Å²) >= 11 is 0. The molecule has 8 nitrogen and oxygen atoms in total. The van der Waals surface area contributed by atoms with E-state index >= 15 is 0 Å². The molecule has 0 radical (unpaired) electrons. The maximum atomic E-state index is 12.8. The number of anilines is 1. The van der Waals surface area contributed by atoms with Gasteiger partial charge in [-0.1, -0.05) is 0 Å². The number of rotatable bonds is 4. The predicted octanol–water partition coefficient (Wildman–Crippen LogP) is 0.280. The first-order valence-corrected chi connectivity index (χ1v) is 9.85. The van der Waals surface area contributed by atoms with E-state index in [4.69, 9.17) is 10.5 Å². The van der Waals surface area contributed by atoms with Gasteiger partial charge in [0.15, 0.2) is 0 Å². The molecule has 3 rings (SSSR count). The number of morpholine rings is 1. The third-order valence-corrected chi connectivity index (χ3v) is 6.69. The van der Waals surface area contributed by atoms with E-state index in [1.54, 1.807) is 21.0 Å². The molecular formula is C15H25N5O3S. The van der Waals surface area contributed by atoms with Crippen molar-refractivity contribution >= 4 is 16.0 Å². The fourth-order valence-electron chi connectivity index (χ4n) is 3.28. The Morgan fingerprint density at radius 1 is 1.08 bits per heavy atom. The van der Waals surface area contributed by atoms with Crippen LogP contribution in [0.2, 0.25) is 0 Å². The molecule has 9 heteroatoms. The lowest BCUT2D eigenvalue weighted by molar-refractivity contribution is 0.0702. The van der Waals surface area contributed by atoms with Crippen molar-refractivity contribution in [3.05, 3.63) is 18.1 Å². The highest BCUT2D eigenvalue weighted by molar-refractivity contribution is 7.86. The minimum Gasteiger partial charge on any atom is -0.382 e. The number of nitrogen functional groups attached to an aromatic ring is 1. The molecular weight excluding hydrogens is 330 g/mol. The van der Waals surface area contributed by atoms with E-state index in [0.29, 0.717) is 51.1 Å². The molecule has 0 spiro atoms. The molecule has 1 unspecified atom stereocenters. The highest BCUT2D eigenvalue weighted by Gasteiger charge is 2.32. The van der Waals surface area contributed by atoms with Crippen molar-refractivity contribution < 1.29 is 13.2 Å². The maximum Gasteiger partial charge on any atom is 0.282 e. The number of aromatic nitrogens is 2. The van der Waals surface area contributed by atoms with Crippen LogP contribution < -0.4 is 5.73 Å². The summed E-state index contributed by atoms with van der Waals surface area (Å²) in [4.78, 5) is 8.38.